The SMILES string of the molecule is Cc1cccc(C(=O)c2ccc(F)c(F)c2)n1. The van der Waals surface area contributed by atoms with Gasteiger partial charge in [0.1, 0.15) is 5.69 Å². The average molecular weight is 233 g/mol. The topological polar surface area (TPSA) is 30.0 Å². The quantitative estimate of drug-likeness (QED) is 0.746. The second-order valence-electron chi connectivity index (χ2n) is 3.62. The minimum Gasteiger partial charge on any atom is -0.287 e. The van der Waals surface area contributed by atoms with Gasteiger partial charge in [0.2, 0.25) is 5.78 Å². The monoisotopic (exact) mass is 233 g/mol. The summed E-state index contributed by atoms with van der Waals surface area (Å²) in [7, 11) is 0. The molecule has 4 heteroatoms. The zero-order valence-corrected chi connectivity index (χ0v) is 9.08. The van der Waals surface area contributed by atoms with Crippen LogP contribution in [0.2, 0.25) is 0 Å². The summed E-state index contributed by atoms with van der Waals surface area (Å²) in [4.78, 5) is 15.9. The maximum Gasteiger partial charge on any atom is 0.211 e. The molecule has 2 aromatic rings. The smallest absolute Gasteiger partial charge is 0.211 e. The maximum absolute atomic E-state index is 13.0. The predicted octanol–water partition coefficient (Wildman–Crippen LogP) is 2.90. The molecule has 2 rings (SSSR count). The van der Waals surface area contributed by atoms with Crippen LogP contribution in [0.25, 0.3) is 0 Å². The number of hydrogen-bond donors (Lipinski definition) is 0. The number of aromatic nitrogens is 1. The Morgan fingerprint density at radius 1 is 1.12 bits per heavy atom. The van der Waals surface area contributed by atoms with Crippen molar-refractivity contribution >= 4 is 5.78 Å². The highest BCUT2D eigenvalue weighted by atomic mass is 19.2. The van der Waals surface area contributed by atoms with E-state index >= 15 is 0 Å². The van der Waals surface area contributed by atoms with Gasteiger partial charge in [0, 0.05) is 11.3 Å². The number of nitrogens with zero attached hydrogens (tertiary/aromatic N) is 1. The van der Waals surface area contributed by atoms with Crippen LogP contribution in [0.5, 0.6) is 0 Å². The van der Waals surface area contributed by atoms with Crippen molar-refractivity contribution in [2.24, 2.45) is 0 Å². The van der Waals surface area contributed by atoms with Crippen LogP contribution in [0.15, 0.2) is 36.4 Å². The van der Waals surface area contributed by atoms with Crippen LogP contribution in [-0.2, 0) is 0 Å². The summed E-state index contributed by atoms with van der Waals surface area (Å²) in [5, 5.41) is 0. The number of benzene rings is 1. The molecule has 1 aromatic heterocycles. The summed E-state index contributed by atoms with van der Waals surface area (Å²) >= 11 is 0. The third-order valence-electron chi connectivity index (χ3n) is 2.30. The van der Waals surface area contributed by atoms with Crippen molar-refractivity contribution in [1.29, 1.82) is 0 Å². The van der Waals surface area contributed by atoms with Crippen molar-refractivity contribution in [1.82, 2.24) is 4.98 Å². The van der Waals surface area contributed by atoms with Gasteiger partial charge in [-0.05, 0) is 37.3 Å². The van der Waals surface area contributed by atoms with E-state index in [0.717, 1.165) is 12.1 Å². The second-order valence-corrected chi connectivity index (χ2v) is 3.62. The zero-order chi connectivity index (χ0) is 12.4. The van der Waals surface area contributed by atoms with Gasteiger partial charge in [0.25, 0.3) is 0 Å². The molecule has 1 aromatic carbocycles. The Morgan fingerprint density at radius 2 is 1.88 bits per heavy atom. The molecule has 0 aliphatic rings. The molecule has 2 nitrogen and oxygen atoms in total. The maximum atomic E-state index is 13.0. The Kier molecular flexibility index (Phi) is 2.95. The molecule has 0 N–H and O–H groups in total. The number of aryl methyl sites for hydroxylation is 1. The molecule has 0 radical (unpaired) electrons. The first-order chi connectivity index (χ1) is 8.08. The first kappa shape index (κ1) is 11.4. The second kappa shape index (κ2) is 4.41. The lowest BCUT2D eigenvalue weighted by atomic mass is 10.1. The molecular weight excluding hydrogens is 224 g/mol. The largest absolute Gasteiger partial charge is 0.287 e. The van der Waals surface area contributed by atoms with Crippen molar-refractivity contribution in [2.45, 2.75) is 6.92 Å². The molecule has 0 saturated heterocycles. The van der Waals surface area contributed by atoms with Crippen molar-refractivity contribution < 1.29 is 13.6 Å². The molecule has 0 spiro atoms. The van der Waals surface area contributed by atoms with Gasteiger partial charge in [-0.3, -0.25) is 4.79 Å². The first-order valence-electron chi connectivity index (χ1n) is 5.01. The molecule has 0 atom stereocenters. The Hall–Kier alpha value is -2.10. The van der Waals surface area contributed by atoms with Gasteiger partial charge in [0.15, 0.2) is 11.6 Å². The van der Waals surface area contributed by atoms with E-state index in [2.05, 4.69) is 4.98 Å². The normalized spacial score (nSPS) is 10.3. The number of hydrogen-bond acceptors (Lipinski definition) is 2. The average Bonchev–Trinajstić information content (AvgIpc) is 2.32. The Balaban J connectivity index is 2.40. The molecule has 0 aliphatic heterocycles. The van der Waals surface area contributed by atoms with Crippen LogP contribution in [0.4, 0.5) is 8.78 Å². The number of carbonyl (C=O) groups is 1. The zero-order valence-electron chi connectivity index (χ0n) is 9.08. The summed E-state index contributed by atoms with van der Waals surface area (Å²) in [6.45, 7) is 1.75. The Morgan fingerprint density at radius 3 is 2.53 bits per heavy atom. The van der Waals surface area contributed by atoms with Gasteiger partial charge < -0.3 is 0 Å². The van der Waals surface area contributed by atoms with E-state index in [1.165, 1.54) is 12.1 Å². The fourth-order valence-corrected chi connectivity index (χ4v) is 1.45. The van der Waals surface area contributed by atoms with Crippen molar-refractivity contribution in [3.63, 3.8) is 0 Å². The summed E-state index contributed by atoms with van der Waals surface area (Å²) in [6, 6.07) is 8.03. The lowest BCUT2D eigenvalue weighted by molar-refractivity contribution is 0.103. The number of carbonyl (C=O) groups excluding carboxylic acids is 1. The highest BCUT2D eigenvalue weighted by Crippen LogP contribution is 2.12. The van der Waals surface area contributed by atoms with Gasteiger partial charge in [-0.2, -0.15) is 0 Å². The standard InChI is InChI=1S/C13H9F2NO/c1-8-3-2-4-12(16-8)13(17)9-5-6-10(14)11(15)7-9/h2-7H,1H3. The van der Waals surface area contributed by atoms with E-state index in [9.17, 15) is 13.6 Å². The van der Waals surface area contributed by atoms with E-state index < -0.39 is 17.4 Å². The Labute approximate surface area is 96.9 Å². The molecule has 0 amide bonds. The molecular formula is C13H9F2NO. The van der Waals surface area contributed by atoms with E-state index in [1.54, 1.807) is 19.1 Å². The third-order valence-corrected chi connectivity index (χ3v) is 2.30. The van der Waals surface area contributed by atoms with E-state index in [0.29, 0.717) is 5.69 Å². The van der Waals surface area contributed by atoms with Crippen LogP contribution < -0.4 is 0 Å². The van der Waals surface area contributed by atoms with Crippen molar-refractivity contribution in [3.8, 4) is 0 Å². The van der Waals surface area contributed by atoms with Crippen LogP contribution in [-0.4, -0.2) is 10.8 Å². The third kappa shape index (κ3) is 2.36. The summed E-state index contributed by atoms with van der Waals surface area (Å²) in [6.07, 6.45) is 0. The lowest BCUT2D eigenvalue weighted by Crippen LogP contribution is -2.05. The summed E-state index contributed by atoms with van der Waals surface area (Å²) < 4.78 is 25.7. The van der Waals surface area contributed by atoms with Crippen molar-refractivity contribution in [3.05, 3.63) is 65.0 Å². The number of ketones is 1. The van der Waals surface area contributed by atoms with E-state index in [1.807, 2.05) is 0 Å². The molecule has 17 heavy (non-hydrogen) atoms. The van der Waals surface area contributed by atoms with Crippen molar-refractivity contribution in [2.75, 3.05) is 0 Å². The molecule has 86 valence electrons. The van der Waals surface area contributed by atoms with Gasteiger partial charge in [-0.15, -0.1) is 0 Å². The minimum absolute atomic E-state index is 0.0852. The summed E-state index contributed by atoms with van der Waals surface area (Å²) in [5.74, 6) is -2.44. The van der Waals surface area contributed by atoms with Crippen LogP contribution >= 0.6 is 0 Å². The minimum atomic E-state index is -1.04. The molecule has 1 heterocycles. The van der Waals surface area contributed by atoms with E-state index in [-0.39, 0.29) is 11.3 Å². The van der Waals surface area contributed by atoms with Gasteiger partial charge >= 0.3 is 0 Å². The molecule has 0 aliphatic carbocycles. The molecule has 0 bridgehead atoms. The summed E-state index contributed by atoms with van der Waals surface area (Å²) in [5.41, 5.74) is 0.997. The molecule has 0 fully saturated rings. The number of pyridine rings is 1. The number of rotatable bonds is 2. The molecule has 0 unspecified atom stereocenters. The van der Waals surface area contributed by atoms with Crippen LogP contribution in [0, 0.1) is 18.6 Å². The van der Waals surface area contributed by atoms with E-state index in [4.69, 9.17) is 0 Å². The van der Waals surface area contributed by atoms with Gasteiger partial charge in [-0.25, -0.2) is 13.8 Å². The van der Waals surface area contributed by atoms with Crippen LogP contribution in [0.1, 0.15) is 21.7 Å². The fourth-order valence-electron chi connectivity index (χ4n) is 1.45. The van der Waals surface area contributed by atoms with Crippen LogP contribution in [0.3, 0.4) is 0 Å². The highest BCUT2D eigenvalue weighted by molar-refractivity contribution is 6.07. The fraction of sp³-hybridized carbons (Fsp3) is 0.0769. The van der Waals surface area contributed by atoms with Gasteiger partial charge in [-0.1, -0.05) is 6.07 Å². The molecule has 0 saturated carbocycles. The first-order valence-corrected chi connectivity index (χ1v) is 5.01. The lowest BCUT2D eigenvalue weighted by Gasteiger charge is -2.02. The highest BCUT2D eigenvalue weighted by Gasteiger charge is 2.13. The number of halogens is 2. The van der Waals surface area contributed by atoms with Gasteiger partial charge in [0.05, 0.1) is 0 Å². The predicted molar refractivity (Wildman–Crippen MR) is 58.8 cm³/mol. The Bertz CT molecular complexity index is 581.